The maximum Gasteiger partial charge on any atom is 0.261 e. The summed E-state index contributed by atoms with van der Waals surface area (Å²) >= 11 is 0. The Morgan fingerprint density at radius 2 is 1.79 bits per heavy atom. The van der Waals surface area contributed by atoms with Crippen LogP contribution in [0.4, 0.5) is 0 Å². The van der Waals surface area contributed by atoms with Gasteiger partial charge in [-0.3, -0.25) is 19.0 Å². The maximum atomic E-state index is 12.8. The van der Waals surface area contributed by atoms with E-state index in [9.17, 15) is 14.4 Å². The van der Waals surface area contributed by atoms with Crippen molar-refractivity contribution in [2.24, 2.45) is 0 Å². The average molecular weight is 463 g/mol. The van der Waals surface area contributed by atoms with E-state index < -0.39 is 11.5 Å². The van der Waals surface area contributed by atoms with Gasteiger partial charge in [0, 0.05) is 29.7 Å². The maximum absolute atomic E-state index is 12.8. The van der Waals surface area contributed by atoms with Crippen LogP contribution in [0.1, 0.15) is 5.56 Å². The van der Waals surface area contributed by atoms with Crippen molar-refractivity contribution in [1.29, 1.82) is 0 Å². The Bertz CT molecular complexity index is 1410. The standard InChI is InChI=1S/C24H25N5O5/c1-33-20-9-17-19(10-21(20)34-2)28-14-29(24(17)32)13-23(31)27-12-22(30)25-8-7-15-11-26-18-6-4-3-5-16(15)18/h3-6,9-11,14,26H,7-8,12-13H2,1-2H3,(H,25,30)(H,27,31). The van der Waals surface area contributed by atoms with Gasteiger partial charge in [-0.15, -0.1) is 0 Å². The molecule has 0 aliphatic rings. The number of para-hydroxylation sites is 1. The number of ether oxygens (including phenoxy) is 2. The molecule has 2 aromatic carbocycles. The Morgan fingerprint density at radius 3 is 2.59 bits per heavy atom. The van der Waals surface area contributed by atoms with Gasteiger partial charge in [0.15, 0.2) is 11.5 Å². The molecule has 0 saturated heterocycles. The normalized spacial score (nSPS) is 10.9. The Labute approximate surface area is 194 Å². The van der Waals surface area contributed by atoms with Crippen molar-refractivity contribution in [1.82, 2.24) is 25.2 Å². The number of hydrogen-bond acceptors (Lipinski definition) is 6. The molecule has 34 heavy (non-hydrogen) atoms. The van der Waals surface area contributed by atoms with Crippen molar-refractivity contribution in [3.8, 4) is 11.5 Å². The van der Waals surface area contributed by atoms with E-state index in [1.54, 1.807) is 6.07 Å². The molecule has 176 valence electrons. The fraction of sp³-hybridized carbons (Fsp3) is 0.250. The van der Waals surface area contributed by atoms with Gasteiger partial charge >= 0.3 is 0 Å². The van der Waals surface area contributed by atoms with Gasteiger partial charge in [0.1, 0.15) is 6.54 Å². The number of carbonyl (C=O) groups excluding carboxylic acids is 2. The van der Waals surface area contributed by atoms with Gasteiger partial charge in [0.25, 0.3) is 5.56 Å². The first-order valence-electron chi connectivity index (χ1n) is 10.7. The quantitative estimate of drug-likeness (QED) is 0.344. The summed E-state index contributed by atoms with van der Waals surface area (Å²) in [5, 5.41) is 6.74. The number of methoxy groups -OCH3 is 2. The van der Waals surface area contributed by atoms with Crippen LogP contribution in [0.5, 0.6) is 11.5 Å². The lowest BCUT2D eigenvalue weighted by Gasteiger charge is -2.11. The Balaban J connectivity index is 1.30. The molecule has 2 aromatic heterocycles. The number of hydrogen-bond donors (Lipinski definition) is 3. The van der Waals surface area contributed by atoms with Crippen molar-refractivity contribution in [3.63, 3.8) is 0 Å². The zero-order valence-corrected chi connectivity index (χ0v) is 18.9. The molecular weight excluding hydrogens is 438 g/mol. The third-order valence-electron chi connectivity index (χ3n) is 5.48. The predicted molar refractivity (Wildman–Crippen MR) is 127 cm³/mol. The van der Waals surface area contributed by atoms with Gasteiger partial charge in [-0.2, -0.15) is 0 Å². The highest BCUT2D eigenvalue weighted by Gasteiger charge is 2.13. The number of fused-ring (bicyclic) bond motifs is 2. The van der Waals surface area contributed by atoms with Crippen LogP contribution in [0.15, 0.2) is 53.7 Å². The molecule has 0 aliphatic heterocycles. The summed E-state index contributed by atoms with van der Waals surface area (Å²) in [5.41, 5.74) is 2.18. The summed E-state index contributed by atoms with van der Waals surface area (Å²) in [4.78, 5) is 44.6. The Morgan fingerprint density at radius 1 is 1.03 bits per heavy atom. The molecule has 0 atom stereocenters. The van der Waals surface area contributed by atoms with Crippen molar-refractivity contribution in [2.45, 2.75) is 13.0 Å². The molecule has 4 aromatic rings. The summed E-state index contributed by atoms with van der Waals surface area (Å²) in [7, 11) is 2.96. The van der Waals surface area contributed by atoms with Crippen molar-refractivity contribution in [3.05, 3.63) is 64.8 Å². The summed E-state index contributed by atoms with van der Waals surface area (Å²) < 4.78 is 11.6. The van der Waals surface area contributed by atoms with Gasteiger partial charge in [-0.1, -0.05) is 18.2 Å². The number of nitrogens with one attached hydrogen (secondary N) is 3. The zero-order chi connectivity index (χ0) is 24.1. The lowest BCUT2D eigenvalue weighted by molar-refractivity contribution is -0.126. The summed E-state index contributed by atoms with van der Waals surface area (Å²) in [6.07, 6.45) is 3.88. The minimum Gasteiger partial charge on any atom is -0.493 e. The molecule has 2 amide bonds. The SMILES string of the molecule is COc1cc2ncn(CC(=O)NCC(=O)NCCc3c[nH]c4ccccc34)c(=O)c2cc1OC. The van der Waals surface area contributed by atoms with Gasteiger partial charge in [0.2, 0.25) is 11.8 Å². The second-order valence-electron chi connectivity index (χ2n) is 7.64. The molecular formula is C24H25N5O5. The number of nitrogens with zero attached hydrogens (tertiary/aromatic N) is 2. The van der Waals surface area contributed by atoms with Crippen molar-refractivity contribution in [2.75, 3.05) is 27.3 Å². The molecule has 0 fully saturated rings. The van der Waals surface area contributed by atoms with Crippen molar-refractivity contribution < 1.29 is 19.1 Å². The first-order chi connectivity index (χ1) is 16.5. The second-order valence-corrected chi connectivity index (χ2v) is 7.64. The number of H-pyrrole nitrogens is 1. The van der Waals surface area contributed by atoms with Gasteiger partial charge in [0.05, 0.1) is 38.0 Å². The monoisotopic (exact) mass is 463 g/mol. The van der Waals surface area contributed by atoms with E-state index in [4.69, 9.17) is 9.47 Å². The minimum atomic E-state index is -0.476. The highest BCUT2D eigenvalue weighted by atomic mass is 16.5. The fourth-order valence-corrected chi connectivity index (χ4v) is 3.73. The van der Waals surface area contributed by atoms with Crippen LogP contribution in [-0.2, 0) is 22.6 Å². The molecule has 0 saturated carbocycles. The highest BCUT2D eigenvalue weighted by Crippen LogP contribution is 2.29. The fourth-order valence-electron chi connectivity index (χ4n) is 3.73. The van der Waals surface area contributed by atoms with Crippen LogP contribution in [0.25, 0.3) is 21.8 Å². The van der Waals surface area contributed by atoms with E-state index in [2.05, 4.69) is 20.6 Å². The third kappa shape index (κ3) is 4.85. The number of aromatic amines is 1. The third-order valence-corrected chi connectivity index (χ3v) is 5.48. The van der Waals surface area contributed by atoms with Crippen LogP contribution < -0.4 is 25.7 Å². The van der Waals surface area contributed by atoms with Crippen LogP contribution in [0.3, 0.4) is 0 Å². The summed E-state index contributed by atoms with van der Waals surface area (Å²) in [5.74, 6) is 0.0537. The first-order valence-corrected chi connectivity index (χ1v) is 10.7. The van der Waals surface area contributed by atoms with Crippen molar-refractivity contribution >= 4 is 33.6 Å². The largest absolute Gasteiger partial charge is 0.493 e. The smallest absolute Gasteiger partial charge is 0.261 e. The number of rotatable bonds is 9. The van der Waals surface area contributed by atoms with E-state index in [1.165, 1.54) is 31.2 Å². The van der Waals surface area contributed by atoms with Gasteiger partial charge < -0.3 is 25.1 Å². The molecule has 2 heterocycles. The zero-order valence-electron chi connectivity index (χ0n) is 18.9. The Kier molecular flexibility index (Phi) is 6.77. The van der Waals surface area contributed by atoms with E-state index in [0.717, 1.165) is 16.5 Å². The number of aromatic nitrogens is 3. The molecule has 0 spiro atoms. The highest BCUT2D eigenvalue weighted by molar-refractivity contribution is 5.86. The van der Waals surface area contributed by atoms with E-state index in [1.807, 2.05) is 30.5 Å². The lowest BCUT2D eigenvalue weighted by Crippen LogP contribution is -2.40. The lowest BCUT2D eigenvalue weighted by atomic mass is 10.1. The van der Waals surface area contributed by atoms with Crippen LogP contribution in [0, 0.1) is 0 Å². The number of amides is 2. The molecule has 0 aliphatic carbocycles. The second kappa shape index (κ2) is 10.1. The number of benzene rings is 2. The molecule has 10 nitrogen and oxygen atoms in total. The topological polar surface area (TPSA) is 127 Å². The summed E-state index contributed by atoms with van der Waals surface area (Å²) in [6.45, 7) is -0.0118. The molecule has 4 rings (SSSR count). The molecule has 3 N–H and O–H groups in total. The number of carbonyl (C=O) groups is 2. The first kappa shape index (κ1) is 22.8. The molecule has 0 radical (unpaired) electrons. The minimum absolute atomic E-state index is 0.187. The van der Waals surface area contributed by atoms with E-state index in [-0.39, 0.29) is 19.0 Å². The van der Waals surface area contributed by atoms with E-state index >= 15 is 0 Å². The van der Waals surface area contributed by atoms with Gasteiger partial charge in [-0.05, 0) is 24.1 Å². The summed E-state index contributed by atoms with van der Waals surface area (Å²) in [6, 6.07) is 11.1. The van der Waals surface area contributed by atoms with Crippen LogP contribution >= 0.6 is 0 Å². The van der Waals surface area contributed by atoms with Gasteiger partial charge in [-0.25, -0.2) is 4.98 Å². The molecule has 0 unspecified atom stereocenters. The average Bonchev–Trinajstić information content (AvgIpc) is 3.27. The molecule has 10 heteroatoms. The van der Waals surface area contributed by atoms with E-state index in [0.29, 0.717) is 35.4 Å². The Hall–Kier alpha value is -4.34. The molecule has 0 bridgehead atoms. The van der Waals surface area contributed by atoms with Crippen LogP contribution in [-0.4, -0.2) is 53.7 Å². The van der Waals surface area contributed by atoms with Crippen LogP contribution in [0.2, 0.25) is 0 Å². The predicted octanol–water partition coefficient (Wildman–Crippen LogP) is 1.37.